The van der Waals surface area contributed by atoms with Crippen LogP contribution in [0.15, 0.2) is 0 Å². The van der Waals surface area contributed by atoms with Crippen molar-refractivity contribution in [1.82, 2.24) is 15.1 Å². The van der Waals surface area contributed by atoms with Crippen LogP contribution in [0.3, 0.4) is 0 Å². The summed E-state index contributed by atoms with van der Waals surface area (Å²) in [7, 11) is 8.95. The first kappa shape index (κ1) is 14.3. The van der Waals surface area contributed by atoms with E-state index in [-0.39, 0.29) is 0 Å². The number of hydrogen-bond acceptors (Lipinski definition) is 3. The molecule has 2 aliphatic carbocycles. The maximum absolute atomic E-state index is 3.43. The summed E-state index contributed by atoms with van der Waals surface area (Å²) in [6.07, 6.45) is 9.61. The second-order valence-corrected chi connectivity index (χ2v) is 6.68. The quantitative estimate of drug-likeness (QED) is 0.808. The molecule has 0 radical (unpaired) electrons. The largest absolute Gasteiger partial charge is 0.317 e. The molecule has 3 nitrogen and oxygen atoms in total. The Hall–Kier alpha value is -0.120. The summed E-state index contributed by atoms with van der Waals surface area (Å²) < 4.78 is 0. The lowest BCUT2D eigenvalue weighted by Crippen LogP contribution is -2.58. The van der Waals surface area contributed by atoms with Gasteiger partial charge in [0, 0.05) is 24.2 Å². The normalized spacial score (nSPS) is 31.7. The van der Waals surface area contributed by atoms with E-state index in [4.69, 9.17) is 0 Å². The molecule has 0 heterocycles. The van der Waals surface area contributed by atoms with Crippen LogP contribution < -0.4 is 5.32 Å². The molecule has 2 aliphatic rings. The summed E-state index contributed by atoms with van der Waals surface area (Å²) in [6.45, 7) is 1.26. The minimum absolute atomic E-state index is 0.481. The van der Waals surface area contributed by atoms with Crippen molar-refractivity contribution in [2.75, 3.05) is 34.7 Å². The van der Waals surface area contributed by atoms with E-state index in [1.165, 1.54) is 51.5 Å². The van der Waals surface area contributed by atoms with Gasteiger partial charge in [-0.2, -0.15) is 0 Å². The number of nitrogens with zero attached hydrogens (tertiary/aromatic N) is 2. The van der Waals surface area contributed by atoms with Gasteiger partial charge in [0.1, 0.15) is 0 Å². The molecule has 2 saturated carbocycles. The highest BCUT2D eigenvalue weighted by Gasteiger charge is 2.41. The van der Waals surface area contributed by atoms with Crippen LogP contribution in [-0.2, 0) is 0 Å². The number of hydrogen-bond donors (Lipinski definition) is 1. The first-order valence-electron chi connectivity index (χ1n) is 7.62. The summed E-state index contributed by atoms with van der Waals surface area (Å²) in [5, 5.41) is 3.43. The Morgan fingerprint density at radius 1 is 1.06 bits per heavy atom. The highest BCUT2D eigenvalue weighted by molar-refractivity contribution is 4.99. The van der Waals surface area contributed by atoms with Crippen molar-refractivity contribution in [1.29, 1.82) is 0 Å². The van der Waals surface area contributed by atoms with E-state index in [2.05, 4.69) is 43.3 Å². The third-order valence-electron chi connectivity index (χ3n) is 5.50. The van der Waals surface area contributed by atoms with Gasteiger partial charge in [-0.05, 0) is 73.1 Å². The van der Waals surface area contributed by atoms with E-state index in [0.29, 0.717) is 5.54 Å². The van der Waals surface area contributed by atoms with E-state index in [1.807, 2.05) is 0 Å². The number of likely N-dealkylation sites (N-methyl/N-ethyl adjacent to an activating group) is 2. The maximum atomic E-state index is 3.43. The van der Waals surface area contributed by atoms with Crippen LogP contribution in [0.1, 0.15) is 44.9 Å². The maximum Gasteiger partial charge on any atom is 0.0330 e. The SMILES string of the molecule is CNC1CCC(N(C)CC2(N(C)C)CCC2)CC1. The van der Waals surface area contributed by atoms with Crippen molar-refractivity contribution in [3.63, 3.8) is 0 Å². The lowest BCUT2D eigenvalue weighted by Gasteiger charge is -2.51. The topological polar surface area (TPSA) is 18.5 Å². The summed E-state index contributed by atoms with van der Waals surface area (Å²) >= 11 is 0. The van der Waals surface area contributed by atoms with Crippen molar-refractivity contribution in [3.8, 4) is 0 Å². The molecule has 0 atom stereocenters. The van der Waals surface area contributed by atoms with Crippen molar-refractivity contribution in [2.24, 2.45) is 0 Å². The van der Waals surface area contributed by atoms with E-state index in [0.717, 1.165) is 12.1 Å². The molecule has 0 aromatic heterocycles. The predicted octanol–water partition coefficient (Wildman–Crippen LogP) is 1.93. The van der Waals surface area contributed by atoms with E-state index in [1.54, 1.807) is 0 Å². The third kappa shape index (κ3) is 2.89. The molecule has 0 saturated heterocycles. The Morgan fingerprint density at radius 3 is 2.06 bits per heavy atom. The molecule has 1 N–H and O–H groups in total. The van der Waals surface area contributed by atoms with Gasteiger partial charge in [-0.25, -0.2) is 0 Å². The van der Waals surface area contributed by atoms with E-state index >= 15 is 0 Å². The molecule has 0 aromatic rings. The molecule has 0 aliphatic heterocycles. The van der Waals surface area contributed by atoms with Gasteiger partial charge >= 0.3 is 0 Å². The summed E-state index contributed by atoms with van der Waals surface area (Å²) in [6, 6.07) is 1.58. The van der Waals surface area contributed by atoms with Crippen molar-refractivity contribution in [3.05, 3.63) is 0 Å². The first-order chi connectivity index (χ1) is 8.57. The average molecular weight is 253 g/mol. The molecule has 0 aromatic carbocycles. The second kappa shape index (κ2) is 5.89. The van der Waals surface area contributed by atoms with Crippen LogP contribution in [0.5, 0.6) is 0 Å². The first-order valence-corrected chi connectivity index (χ1v) is 7.62. The number of rotatable bonds is 5. The summed E-state index contributed by atoms with van der Waals surface area (Å²) in [5.41, 5.74) is 0.481. The van der Waals surface area contributed by atoms with Crippen LogP contribution in [0, 0.1) is 0 Å². The number of nitrogens with one attached hydrogen (secondary N) is 1. The second-order valence-electron chi connectivity index (χ2n) is 6.68. The lowest BCUT2D eigenvalue weighted by molar-refractivity contribution is 0.0100. The highest BCUT2D eigenvalue weighted by Crippen LogP contribution is 2.37. The Morgan fingerprint density at radius 2 is 1.67 bits per heavy atom. The third-order valence-corrected chi connectivity index (χ3v) is 5.50. The average Bonchev–Trinajstić information content (AvgIpc) is 2.33. The zero-order valence-corrected chi connectivity index (χ0v) is 12.7. The lowest BCUT2D eigenvalue weighted by atomic mass is 9.75. The molecule has 2 rings (SSSR count). The minimum atomic E-state index is 0.481. The molecular formula is C15H31N3. The van der Waals surface area contributed by atoms with E-state index < -0.39 is 0 Å². The molecule has 0 unspecified atom stereocenters. The van der Waals surface area contributed by atoms with Gasteiger partial charge in [0.25, 0.3) is 0 Å². The molecule has 18 heavy (non-hydrogen) atoms. The van der Waals surface area contributed by atoms with Crippen molar-refractivity contribution in [2.45, 2.75) is 62.6 Å². The zero-order chi connectivity index (χ0) is 13.2. The van der Waals surface area contributed by atoms with Gasteiger partial charge in [0.05, 0.1) is 0 Å². The standard InChI is InChI=1S/C15H31N3/c1-16-13-6-8-14(9-7-13)18(4)12-15(17(2)3)10-5-11-15/h13-14,16H,5-12H2,1-4H3. The Bertz CT molecular complexity index is 252. The van der Waals surface area contributed by atoms with Crippen LogP contribution in [0.4, 0.5) is 0 Å². The monoisotopic (exact) mass is 253 g/mol. The van der Waals surface area contributed by atoms with Crippen LogP contribution in [-0.4, -0.2) is 62.2 Å². The van der Waals surface area contributed by atoms with Crippen molar-refractivity contribution >= 4 is 0 Å². The van der Waals surface area contributed by atoms with Gasteiger partial charge in [-0.1, -0.05) is 0 Å². The Labute approximate surface area is 113 Å². The fourth-order valence-corrected chi connectivity index (χ4v) is 3.73. The summed E-state index contributed by atoms with van der Waals surface area (Å²) in [5.74, 6) is 0. The molecule has 0 spiro atoms. The van der Waals surface area contributed by atoms with Gasteiger partial charge < -0.3 is 15.1 Å². The van der Waals surface area contributed by atoms with Gasteiger partial charge in [0.2, 0.25) is 0 Å². The fourth-order valence-electron chi connectivity index (χ4n) is 3.73. The van der Waals surface area contributed by atoms with Crippen molar-refractivity contribution < 1.29 is 0 Å². The van der Waals surface area contributed by atoms with Gasteiger partial charge in [-0.3, -0.25) is 0 Å². The Kier molecular flexibility index (Phi) is 4.68. The molecule has 0 amide bonds. The fraction of sp³-hybridized carbons (Fsp3) is 1.00. The minimum Gasteiger partial charge on any atom is -0.317 e. The van der Waals surface area contributed by atoms with Crippen LogP contribution in [0.25, 0.3) is 0 Å². The Balaban J connectivity index is 1.83. The molecule has 106 valence electrons. The molecule has 0 bridgehead atoms. The zero-order valence-electron chi connectivity index (χ0n) is 12.7. The highest BCUT2D eigenvalue weighted by atomic mass is 15.2. The van der Waals surface area contributed by atoms with Crippen LogP contribution >= 0.6 is 0 Å². The van der Waals surface area contributed by atoms with Gasteiger partial charge in [-0.15, -0.1) is 0 Å². The predicted molar refractivity (Wildman–Crippen MR) is 78.0 cm³/mol. The molecular weight excluding hydrogens is 222 g/mol. The summed E-state index contributed by atoms with van der Waals surface area (Å²) in [4.78, 5) is 5.11. The molecule has 3 heteroatoms. The van der Waals surface area contributed by atoms with E-state index in [9.17, 15) is 0 Å². The molecule has 2 fully saturated rings. The smallest absolute Gasteiger partial charge is 0.0330 e. The van der Waals surface area contributed by atoms with Gasteiger partial charge in [0.15, 0.2) is 0 Å². The van der Waals surface area contributed by atoms with Crippen LogP contribution in [0.2, 0.25) is 0 Å².